The number of allylic oxidation sites excluding steroid dienone is 6. The van der Waals surface area contributed by atoms with Crippen molar-refractivity contribution >= 4 is 52.9 Å². The summed E-state index contributed by atoms with van der Waals surface area (Å²) in [4.78, 5) is 85.1. The molecule has 1 saturated heterocycles. The fourth-order valence-corrected chi connectivity index (χ4v) is 5.80. The fraction of sp³-hybridized carbons (Fsp3) is 0.571. The van der Waals surface area contributed by atoms with Gasteiger partial charge in [-0.25, -0.2) is 0 Å². The molecule has 0 spiro atoms. The molecule has 1 atom stereocenters. The Labute approximate surface area is 283 Å². The molecule has 12 heteroatoms. The minimum absolute atomic E-state index is 0.0311. The largest absolute Gasteiger partial charge is 0.356 e. The van der Waals surface area contributed by atoms with Gasteiger partial charge in [0, 0.05) is 68.4 Å². The van der Waals surface area contributed by atoms with Gasteiger partial charge in [0.25, 0.3) is 0 Å². The van der Waals surface area contributed by atoms with E-state index in [1.807, 2.05) is 0 Å². The summed E-state index contributed by atoms with van der Waals surface area (Å²) in [5.41, 5.74) is 1.08. The Morgan fingerprint density at radius 1 is 0.745 bits per heavy atom. The van der Waals surface area contributed by atoms with Crippen molar-refractivity contribution in [3.8, 4) is 0 Å². The number of Topliss-reactive ketones (excluding diaryl/α,β-unsaturated/α-hetero) is 2. The first kappa shape index (κ1) is 41.2. The Kier molecular flexibility index (Phi) is 21.4. The standard InChI is InChI=1S/C35H52N4O7S/c1-5-28(26(3)40)15-14-22-38-31(42)16-10-9-13-23-39-34(45)25-30(35(39)46)47-24-19-33(44)37-21-12-8-7-11-20-36-32(43)18-17-29(6-2)27(4)41/h5-6,14-15,17-18,30H,7-13,16,19-25H2,1-4H3,(H,36,43)(H,37,44)(H,38,42)/b15-14+,18-17+,28-5-,29-6-. The van der Waals surface area contributed by atoms with Gasteiger partial charge in [0.15, 0.2) is 11.6 Å². The van der Waals surface area contributed by atoms with Crippen molar-refractivity contribution in [2.75, 3.05) is 31.9 Å². The third-order valence-corrected chi connectivity index (χ3v) is 8.64. The molecule has 0 aliphatic carbocycles. The topological polar surface area (TPSA) is 159 Å². The number of likely N-dealkylation sites (tertiary alicyclic amines) is 1. The van der Waals surface area contributed by atoms with Crippen molar-refractivity contribution < 1.29 is 33.6 Å². The zero-order valence-electron chi connectivity index (χ0n) is 28.4. The molecule has 3 N–H and O–H groups in total. The highest BCUT2D eigenvalue weighted by Gasteiger charge is 2.38. The molecule has 1 unspecified atom stereocenters. The first-order valence-electron chi connectivity index (χ1n) is 16.5. The lowest BCUT2D eigenvalue weighted by molar-refractivity contribution is -0.138. The van der Waals surface area contributed by atoms with Gasteiger partial charge in [0.05, 0.1) is 5.25 Å². The van der Waals surface area contributed by atoms with Crippen LogP contribution in [-0.2, 0) is 33.6 Å². The average molecular weight is 673 g/mol. The molecule has 260 valence electrons. The average Bonchev–Trinajstić information content (AvgIpc) is 3.29. The first-order valence-corrected chi connectivity index (χ1v) is 17.5. The molecule has 11 nitrogen and oxygen atoms in total. The summed E-state index contributed by atoms with van der Waals surface area (Å²) in [5.74, 6) is -0.487. The van der Waals surface area contributed by atoms with E-state index in [4.69, 9.17) is 0 Å². The van der Waals surface area contributed by atoms with Crippen molar-refractivity contribution in [1.29, 1.82) is 0 Å². The van der Waals surface area contributed by atoms with Crippen LogP contribution in [0.25, 0.3) is 0 Å². The maximum atomic E-state index is 12.7. The zero-order valence-corrected chi connectivity index (χ0v) is 29.2. The van der Waals surface area contributed by atoms with Gasteiger partial charge in [-0.15, -0.1) is 11.8 Å². The fourth-order valence-electron chi connectivity index (χ4n) is 4.68. The van der Waals surface area contributed by atoms with Crippen LogP contribution < -0.4 is 16.0 Å². The highest BCUT2D eigenvalue weighted by Crippen LogP contribution is 2.26. The quantitative estimate of drug-likeness (QED) is 0.0603. The number of amides is 5. The lowest BCUT2D eigenvalue weighted by atomic mass is 10.1. The summed E-state index contributed by atoms with van der Waals surface area (Å²) in [6.45, 7) is 8.24. The third-order valence-electron chi connectivity index (χ3n) is 7.43. The predicted octanol–water partition coefficient (Wildman–Crippen LogP) is 3.89. The molecule has 0 aromatic carbocycles. The van der Waals surface area contributed by atoms with E-state index in [-0.39, 0.29) is 53.9 Å². The van der Waals surface area contributed by atoms with E-state index in [0.29, 0.717) is 68.8 Å². The molecule has 0 radical (unpaired) electrons. The molecule has 0 saturated carbocycles. The second-order valence-corrected chi connectivity index (χ2v) is 12.5. The van der Waals surface area contributed by atoms with Crippen LogP contribution in [0.5, 0.6) is 0 Å². The highest BCUT2D eigenvalue weighted by molar-refractivity contribution is 8.00. The van der Waals surface area contributed by atoms with Crippen LogP contribution in [0.15, 0.2) is 47.6 Å². The monoisotopic (exact) mass is 672 g/mol. The molecule has 5 amide bonds. The minimum atomic E-state index is -0.463. The maximum Gasteiger partial charge on any atom is 0.244 e. The maximum absolute atomic E-state index is 12.7. The molecule has 47 heavy (non-hydrogen) atoms. The van der Waals surface area contributed by atoms with Crippen LogP contribution in [0, 0.1) is 0 Å². The summed E-state index contributed by atoms with van der Waals surface area (Å²) in [7, 11) is 0. The summed E-state index contributed by atoms with van der Waals surface area (Å²) in [6.07, 6.45) is 15.9. The summed E-state index contributed by atoms with van der Waals surface area (Å²) >= 11 is 1.34. The summed E-state index contributed by atoms with van der Waals surface area (Å²) < 4.78 is 0. The normalized spacial score (nSPS) is 15.5. The van der Waals surface area contributed by atoms with Crippen LogP contribution in [-0.4, -0.2) is 83.2 Å². The predicted molar refractivity (Wildman–Crippen MR) is 185 cm³/mol. The second-order valence-electron chi connectivity index (χ2n) is 11.2. The second kappa shape index (κ2) is 24.4. The van der Waals surface area contributed by atoms with E-state index in [1.165, 1.54) is 42.7 Å². The number of carbonyl (C=O) groups excluding carboxylic acids is 7. The van der Waals surface area contributed by atoms with Gasteiger partial charge in [-0.1, -0.05) is 43.6 Å². The molecule has 1 rings (SSSR count). The van der Waals surface area contributed by atoms with Crippen LogP contribution in [0.1, 0.15) is 91.9 Å². The molecular formula is C35H52N4O7S. The Balaban J connectivity index is 2.11. The van der Waals surface area contributed by atoms with Gasteiger partial charge in [-0.3, -0.25) is 38.5 Å². The van der Waals surface area contributed by atoms with Crippen molar-refractivity contribution in [2.45, 2.75) is 97.2 Å². The molecular weight excluding hydrogens is 620 g/mol. The molecule has 0 bridgehead atoms. The first-order chi connectivity index (χ1) is 22.5. The van der Waals surface area contributed by atoms with Crippen LogP contribution in [0.4, 0.5) is 0 Å². The van der Waals surface area contributed by atoms with E-state index >= 15 is 0 Å². The van der Waals surface area contributed by atoms with Gasteiger partial charge in [0.1, 0.15) is 0 Å². The van der Waals surface area contributed by atoms with Crippen LogP contribution in [0.3, 0.4) is 0 Å². The molecule has 1 heterocycles. The van der Waals surface area contributed by atoms with Gasteiger partial charge in [-0.2, -0.15) is 0 Å². The zero-order chi connectivity index (χ0) is 35.0. The summed E-state index contributed by atoms with van der Waals surface area (Å²) in [6, 6.07) is 0. The van der Waals surface area contributed by atoms with E-state index in [0.717, 1.165) is 25.7 Å². The van der Waals surface area contributed by atoms with Gasteiger partial charge in [0.2, 0.25) is 29.5 Å². The van der Waals surface area contributed by atoms with E-state index in [2.05, 4.69) is 16.0 Å². The van der Waals surface area contributed by atoms with Crippen molar-refractivity contribution in [3.05, 3.63) is 47.6 Å². The van der Waals surface area contributed by atoms with Crippen molar-refractivity contribution in [3.63, 3.8) is 0 Å². The molecule has 1 fully saturated rings. The van der Waals surface area contributed by atoms with E-state index in [1.54, 1.807) is 38.2 Å². The Morgan fingerprint density at radius 2 is 1.34 bits per heavy atom. The highest BCUT2D eigenvalue weighted by atomic mass is 32.2. The molecule has 0 aromatic rings. The third kappa shape index (κ3) is 18.2. The molecule has 1 aliphatic heterocycles. The number of ketones is 2. The SMILES string of the molecule is C/C=C(/C=C/CNC(=O)CCCCCN1C(=O)CC(SCCC(=O)NCCCCCCNC(=O)/C=C/C(=C/C)C(C)=O)C1=O)C(C)=O. The minimum Gasteiger partial charge on any atom is -0.356 e. The van der Waals surface area contributed by atoms with Crippen LogP contribution in [0.2, 0.25) is 0 Å². The lowest BCUT2D eigenvalue weighted by Crippen LogP contribution is -2.32. The van der Waals surface area contributed by atoms with Crippen molar-refractivity contribution in [2.24, 2.45) is 0 Å². The number of hydrogen-bond acceptors (Lipinski definition) is 8. The number of imide groups is 1. The number of unbranched alkanes of at least 4 members (excludes halogenated alkanes) is 5. The summed E-state index contributed by atoms with van der Waals surface area (Å²) in [5, 5.41) is 8.00. The van der Waals surface area contributed by atoms with Gasteiger partial charge in [-0.05, 0) is 59.5 Å². The number of nitrogens with zero attached hydrogens (tertiary/aromatic N) is 1. The molecule has 0 aromatic heterocycles. The van der Waals surface area contributed by atoms with Crippen LogP contribution >= 0.6 is 11.8 Å². The number of nitrogens with one attached hydrogen (secondary N) is 3. The number of thioether (sulfide) groups is 1. The van der Waals surface area contributed by atoms with E-state index < -0.39 is 5.25 Å². The molecule has 1 aliphatic rings. The Hall–Kier alpha value is -3.80. The number of rotatable bonds is 24. The Morgan fingerprint density at radius 3 is 1.98 bits per heavy atom. The van der Waals surface area contributed by atoms with Gasteiger partial charge < -0.3 is 16.0 Å². The van der Waals surface area contributed by atoms with E-state index in [9.17, 15) is 33.6 Å². The number of hydrogen-bond donors (Lipinski definition) is 3. The number of carbonyl (C=O) groups is 7. The Bertz CT molecular complexity index is 1220. The lowest BCUT2D eigenvalue weighted by Gasteiger charge is -2.14. The van der Waals surface area contributed by atoms with Crippen molar-refractivity contribution in [1.82, 2.24) is 20.9 Å². The smallest absolute Gasteiger partial charge is 0.244 e. The van der Waals surface area contributed by atoms with Gasteiger partial charge >= 0.3 is 0 Å².